The molecule has 1 saturated heterocycles. The third-order valence-electron chi connectivity index (χ3n) is 4.55. The molecule has 22 heavy (non-hydrogen) atoms. The van der Waals surface area contributed by atoms with E-state index in [2.05, 4.69) is 34.5 Å². The molecule has 1 atom stereocenters. The minimum absolute atomic E-state index is 0.214. The number of nitrogens with one attached hydrogen (secondary N) is 1. The van der Waals surface area contributed by atoms with Crippen molar-refractivity contribution in [2.24, 2.45) is 5.41 Å². The molecule has 1 saturated carbocycles. The summed E-state index contributed by atoms with van der Waals surface area (Å²) in [5.41, 5.74) is 1.17. The fraction of sp³-hybridized carbons (Fsp3) is 0.611. The summed E-state index contributed by atoms with van der Waals surface area (Å²) in [5, 5.41) is 3.10. The molecule has 2 aliphatic rings. The summed E-state index contributed by atoms with van der Waals surface area (Å²) in [6, 6.07) is 10.7. The van der Waals surface area contributed by atoms with Gasteiger partial charge in [-0.05, 0) is 39.2 Å². The van der Waals surface area contributed by atoms with E-state index in [1.54, 1.807) is 0 Å². The van der Waals surface area contributed by atoms with E-state index in [1.165, 1.54) is 18.4 Å². The molecule has 0 radical (unpaired) electrons. The van der Waals surface area contributed by atoms with Gasteiger partial charge < -0.3 is 10.1 Å². The molecule has 1 aliphatic heterocycles. The number of rotatable bonds is 3. The molecule has 1 amide bonds. The summed E-state index contributed by atoms with van der Waals surface area (Å²) in [5.74, 6) is 0. The molecular formula is C18H26N2O2. The summed E-state index contributed by atoms with van der Waals surface area (Å²) < 4.78 is 5.41. The van der Waals surface area contributed by atoms with Crippen molar-refractivity contribution in [3.05, 3.63) is 35.9 Å². The summed E-state index contributed by atoms with van der Waals surface area (Å²) in [4.78, 5) is 14.5. The molecule has 4 heteroatoms. The Kier molecular flexibility index (Phi) is 3.89. The standard InChI is InChI=1S/C18H26N2O2/c1-17(2,3)22-16(21)19-15-12-20(13-18(15)9-10-18)11-14-7-5-4-6-8-14/h4-8,15H,9-13H2,1-3H3,(H,19,21)/t15-/m0/s1. The Morgan fingerprint density at radius 3 is 2.59 bits per heavy atom. The van der Waals surface area contributed by atoms with Gasteiger partial charge in [0.2, 0.25) is 0 Å². The summed E-state index contributed by atoms with van der Waals surface area (Å²) in [6.45, 7) is 8.63. The van der Waals surface area contributed by atoms with Gasteiger partial charge in [-0.15, -0.1) is 0 Å². The molecule has 1 aliphatic carbocycles. The second kappa shape index (κ2) is 5.58. The van der Waals surface area contributed by atoms with Crippen molar-refractivity contribution in [1.29, 1.82) is 0 Å². The first kappa shape index (κ1) is 15.3. The number of benzene rings is 1. The normalized spacial score (nSPS) is 23.5. The van der Waals surface area contributed by atoms with E-state index in [4.69, 9.17) is 4.74 Å². The van der Waals surface area contributed by atoms with Gasteiger partial charge in [-0.2, -0.15) is 0 Å². The maximum atomic E-state index is 12.0. The van der Waals surface area contributed by atoms with Crippen LogP contribution < -0.4 is 5.32 Å². The zero-order valence-electron chi connectivity index (χ0n) is 13.8. The Hall–Kier alpha value is -1.55. The van der Waals surface area contributed by atoms with E-state index in [0.29, 0.717) is 0 Å². The topological polar surface area (TPSA) is 41.6 Å². The van der Waals surface area contributed by atoms with Crippen LogP contribution in [0.3, 0.4) is 0 Å². The van der Waals surface area contributed by atoms with Gasteiger partial charge >= 0.3 is 6.09 Å². The lowest BCUT2D eigenvalue weighted by Gasteiger charge is -2.24. The Morgan fingerprint density at radius 1 is 1.32 bits per heavy atom. The third kappa shape index (κ3) is 3.61. The van der Waals surface area contributed by atoms with Crippen LogP contribution in [0.25, 0.3) is 0 Å². The van der Waals surface area contributed by atoms with Gasteiger partial charge in [-0.1, -0.05) is 30.3 Å². The molecule has 3 rings (SSSR count). The minimum atomic E-state index is -0.441. The molecular weight excluding hydrogens is 276 g/mol. The Labute approximate surface area is 132 Å². The van der Waals surface area contributed by atoms with Gasteiger partial charge in [0, 0.05) is 25.0 Å². The molecule has 120 valence electrons. The molecule has 0 aromatic heterocycles. The SMILES string of the molecule is CC(C)(C)OC(=O)N[C@H]1CN(Cc2ccccc2)CC12CC2. The lowest BCUT2D eigenvalue weighted by Crippen LogP contribution is -2.44. The fourth-order valence-corrected chi connectivity index (χ4v) is 3.35. The van der Waals surface area contributed by atoms with Crippen molar-refractivity contribution in [3.8, 4) is 0 Å². The van der Waals surface area contributed by atoms with Crippen LogP contribution in [0.2, 0.25) is 0 Å². The van der Waals surface area contributed by atoms with Gasteiger partial charge in [0.05, 0.1) is 6.04 Å². The van der Waals surface area contributed by atoms with Crippen LogP contribution in [0.5, 0.6) is 0 Å². The first-order valence-corrected chi connectivity index (χ1v) is 8.12. The predicted molar refractivity (Wildman–Crippen MR) is 86.5 cm³/mol. The maximum absolute atomic E-state index is 12.0. The quantitative estimate of drug-likeness (QED) is 0.932. The zero-order valence-corrected chi connectivity index (χ0v) is 13.8. The number of carbonyl (C=O) groups is 1. The van der Waals surface area contributed by atoms with Crippen LogP contribution in [-0.2, 0) is 11.3 Å². The molecule has 1 spiro atoms. The highest BCUT2D eigenvalue weighted by Crippen LogP contribution is 2.53. The van der Waals surface area contributed by atoms with Gasteiger partial charge in [-0.25, -0.2) is 4.79 Å². The summed E-state index contributed by atoms with van der Waals surface area (Å²) in [7, 11) is 0. The molecule has 1 aromatic carbocycles. The van der Waals surface area contributed by atoms with E-state index in [1.807, 2.05) is 26.8 Å². The Morgan fingerprint density at radius 2 is 2.00 bits per heavy atom. The van der Waals surface area contributed by atoms with Crippen LogP contribution in [0.4, 0.5) is 4.79 Å². The first-order valence-electron chi connectivity index (χ1n) is 8.12. The highest BCUT2D eigenvalue weighted by molar-refractivity contribution is 5.68. The number of likely N-dealkylation sites (tertiary alicyclic amines) is 1. The van der Waals surface area contributed by atoms with E-state index in [-0.39, 0.29) is 17.6 Å². The average Bonchev–Trinajstić information content (AvgIpc) is 3.10. The molecule has 4 nitrogen and oxygen atoms in total. The largest absolute Gasteiger partial charge is 0.444 e. The molecule has 1 N–H and O–H groups in total. The summed E-state index contributed by atoms with van der Waals surface area (Å²) in [6.07, 6.45) is 2.13. The number of carbonyl (C=O) groups excluding carboxylic acids is 1. The zero-order chi connectivity index (χ0) is 15.8. The van der Waals surface area contributed by atoms with E-state index < -0.39 is 5.60 Å². The number of alkyl carbamates (subject to hydrolysis) is 1. The molecule has 0 unspecified atom stereocenters. The number of amides is 1. The number of hydrogen-bond acceptors (Lipinski definition) is 3. The number of hydrogen-bond donors (Lipinski definition) is 1. The minimum Gasteiger partial charge on any atom is -0.444 e. The smallest absolute Gasteiger partial charge is 0.407 e. The fourth-order valence-electron chi connectivity index (χ4n) is 3.35. The van der Waals surface area contributed by atoms with Crippen molar-refractivity contribution < 1.29 is 9.53 Å². The highest BCUT2D eigenvalue weighted by Gasteiger charge is 2.55. The number of ether oxygens (including phenoxy) is 1. The van der Waals surface area contributed by atoms with Gasteiger partial charge in [0.15, 0.2) is 0 Å². The maximum Gasteiger partial charge on any atom is 0.407 e. The van der Waals surface area contributed by atoms with Crippen molar-refractivity contribution in [3.63, 3.8) is 0 Å². The van der Waals surface area contributed by atoms with E-state index >= 15 is 0 Å². The van der Waals surface area contributed by atoms with Crippen LogP contribution in [0, 0.1) is 5.41 Å². The predicted octanol–water partition coefficient (Wildman–Crippen LogP) is 3.18. The van der Waals surface area contributed by atoms with Crippen molar-refractivity contribution in [2.75, 3.05) is 13.1 Å². The Bertz CT molecular complexity index is 532. The van der Waals surface area contributed by atoms with Crippen LogP contribution >= 0.6 is 0 Å². The first-order chi connectivity index (χ1) is 10.4. The van der Waals surface area contributed by atoms with E-state index in [9.17, 15) is 4.79 Å². The van der Waals surface area contributed by atoms with Crippen molar-refractivity contribution >= 4 is 6.09 Å². The monoisotopic (exact) mass is 302 g/mol. The van der Waals surface area contributed by atoms with Gasteiger partial charge in [0.25, 0.3) is 0 Å². The lowest BCUT2D eigenvalue weighted by molar-refractivity contribution is 0.0492. The average molecular weight is 302 g/mol. The van der Waals surface area contributed by atoms with Crippen LogP contribution in [-0.4, -0.2) is 35.7 Å². The van der Waals surface area contributed by atoms with Crippen molar-refractivity contribution in [2.45, 2.75) is 51.8 Å². The van der Waals surface area contributed by atoms with Gasteiger partial charge in [0.1, 0.15) is 5.60 Å². The van der Waals surface area contributed by atoms with Crippen molar-refractivity contribution in [1.82, 2.24) is 10.2 Å². The van der Waals surface area contributed by atoms with Crippen LogP contribution in [0.1, 0.15) is 39.2 Å². The molecule has 1 aromatic rings. The summed E-state index contributed by atoms with van der Waals surface area (Å²) >= 11 is 0. The van der Waals surface area contributed by atoms with Gasteiger partial charge in [-0.3, -0.25) is 4.90 Å². The molecule has 2 fully saturated rings. The second-order valence-electron chi connectivity index (χ2n) is 7.72. The molecule has 0 bridgehead atoms. The third-order valence-corrected chi connectivity index (χ3v) is 4.55. The Balaban J connectivity index is 1.58. The second-order valence-corrected chi connectivity index (χ2v) is 7.72. The highest BCUT2D eigenvalue weighted by atomic mass is 16.6. The van der Waals surface area contributed by atoms with E-state index in [0.717, 1.165) is 19.6 Å². The van der Waals surface area contributed by atoms with Crippen LogP contribution in [0.15, 0.2) is 30.3 Å². The lowest BCUT2D eigenvalue weighted by atomic mass is 10.0. The number of nitrogens with zero attached hydrogens (tertiary/aromatic N) is 1. The molecule has 1 heterocycles.